The number of phenols is 2. The largest absolute Gasteiger partial charge is 0.507 e. The van der Waals surface area contributed by atoms with Crippen LogP contribution >= 0.6 is 0 Å². The standard InChI is InChI=1S/C36H38O10/c1-5-34(3)16-25(35(4)11-7-12-36(18(2)32(34)43)13-10-23(38)31(35)36)46-26(40)17-45-33(44)19-14-21-28(24(39)15-19)30(42)27-20(29(21)41)8-6-9-22(27)37/h5-6,8-9,14-15,18,25,31-32,37,39,43H,1,7,10-13,16-17H2,2-4H3/t18-,25+,31?,32-,34+,35-,36+/m0/s1. The van der Waals surface area contributed by atoms with Gasteiger partial charge in [-0.15, -0.1) is 6.58 Å². The van der Waals surface area contributed by atoms with E-state index in [1.807, 2.05) is 20.8 Å². The molecule has 2 aromatic carbocycles. The zero-order chi connectivity index (χ0) is 33.3. The van der Waals surface area contributed by atoms with Gasteiger partial charge < -0.3 is 24.8 Å². The van der Waals surface area contributed by atoms with E-state index >= 15 is 0 Å². The highest BCUT2D eigenvalue weighted by Gasteiger charge is 2.66. The zero-order valence-corrected chi connectivity index (χ0v) is 26.1. The summed E-state index contributed by atoms with van der Waals surface area (Å²) < 4.78 is 11.3. The molecule has 3 N–H and O–H groups in total. The molecule has 0 aliphatic heterocycles. The summed E-state index contributed by atoms with van der Waals surface area (Å²) >= 11 is 0. The average molecular weight is 631 g/mol. The molecule has 0 amide bonds. The Morgan fingerprint density at radius 3 is 2.43 bits per heavy atom. The molecule has 3 saturated carbocycles. The highest BCUT2D eigenvalue weighted by atomic mass is 16.6. The average Bonchev–Trinajstić information content (AvgIpc) is 3.38. The second-order valence-corrected chi connectivity index (χ2v) is 14.0. The molecule has 7 atom stereocenters. The molecule has 4 aliphatic rings. The van der Waals surface area contributed by atoms with Crippen molar-refractivity contribution in [2.24, 2.45) is 28.1 Å². The molecular weight excluding hydrogens is 592 g/mol. The van der Waals surface area contributed by atoms with E-state index in [-0.39, 0.29) is 51.9 Å². The molecule has 3 fully saturated rings. The van der Waals surface area contributed by atoms with Crippen LogP contribution in [-0.2, 0) is 19.1 Å². The van der Waals surface area contributed by atoms with Crippen molar-refractivity contribution < 1.29 is 48.8 Å². The summed E-state index contributed by atoms with van der Waals surface area (Å²) in [5.41, 5.74) is -3.10. The molecule has 10 nitrogen and oxygen atoms in total. The number of hydrogen-bond donors (Lipinski definition) is 3. The van der Waals surface area contributed by atoms with E-state index < -0.39 is 70.1 Å². The molecule has 2 bridgehead atoms. The monoisotopic (exact) mass is 630 g/mol. The van der Waals surface area contributed by atoms with Crippen LogP contribution in [0.25, 0.3) is 0 Å². The molecule has 2 aromatic rings. The highest BCUT2D eigenvalue weighted by Crippen LogP contribution is 2.66. The van der Waals surface area contributed by atoms with Crippen LogP contribution in [0.15, 0.2) is 43.0 Å². The molecular formula is C36H38O10. The minimum absolute atomic E-state index is 0.0720. The van der Waals surface area contributed by atoms with Crippen molar-refractivity contribution in [1.82, 2.24) is 0 Å². The second-order valence-electron chi connectivity index (χ2n) is 14.0. The number of esters is 2. The maximum absolute atomic E-state index is 13.4. The molecule has 0 saturated heterocycles. The Hall–Kier alpha value is -4.31. The lowest BCUT2D eigenvalue weighted by molar-refractivity contribution is -0.196. The lowest BCUT2D eigenvalue weighted by Gasteiger charge is -2.59. The topological polar surface area (TPSA) is 164 Å². The van der Waals surface area contributed by atoms with Crippen LogP contribution in [0, 0.1) is 28.1 Å². The van der Waals surface area contributed by atoms with Gasteiger partial charge in [-0.05, 0) is 55.2 Å². The maximum Gasteiger partial charge on any atom is 0.344 e. The number of aromatic hydroxyl groups is 2. The van der Waals surface area contributed by atoms with Crippen molar-refractivity contribution in [3.05, 3.63) is 70.8 Å². The molecule has 0 radical (unpaired) electrons. The maximum atomic E-state index is 13.4. The van der Waals surface area contributed by atoms with Gasteiger partial charge >= 0.3 is 11.9 Å². The van der Waals surface area contributed by atoms with Gasteiger partial charge in [0, 0.05) is 34.3 Å². The van der Waals surface area contributed by atoms with E-state index in [1.165, 1.54) is 18.2 Å². The number of fused-ring (bicyclic) bond motifs is 2. The molecule has 46 heavy (non-hydrogen) atoms. The molecule has 10 heteroatoms. The van der Waals surface area contributed by atoms with Crippen LogP contribution in [0.4, 0.5) is 0 Å². The molecule has 0 spiro atoms. The van der Waals surface area contributed by atoms with Gasteiger partial charge in [-0.2, -0.15) is 0 Å². The quantitative estimate of drug-likeness (QED) is 0.266. The molecule has 0 heterocycles. The number of phenolic OH excluding ortho intramolecular Hbond substituents is 2. The Morgan fingerprint density at radius 2 is 1.72 bits per heavy atom. The lowest BCUT2D eigenvalue weighted by atomic mass is 9.46. The second kappa shape index (κ2) is 10.9. The van der Waals surface area contributed by atoms with Crippen LogP contribution in [0.5, 0.6) is 11.5 Å². The highest BCUT2D eigenvalue weighted by molar-refractivity contribution is 6.30. The van der Waals surface area contributed by atoms with Gasteiger partial charge in [0.25, 0.3) is 0 Å². The third-order valence-electron chi connectivity index (χ3n) is 11.6. The minimum Gasteiger partial charge on any atom is -0.507 e. The first kappa shape index (κ1) is 31.7. The van der Waals surface area contributed by atoms with Gasteiger partial charge in [-0.1, -0.05) is 45.4 Å². The normalized spacial score (nSPS) is 33.2. The SMILES string of the molecule is C=C[C@]1(C)C[C@@H](OC(=O)COC(=O)c2cc(O)c3c(c2)C(=O)c2cccc(O)c2C3=O)[C@]2(C)CCC[C@@]3(CCC(=O)C32)[C@@H](C)[C@@H]1O. The van der Waals surface area contributed by atoms with Crippen LogP contribution in [0.2, 0.25) is 0 Å². The summed E-state index contributed by atoms with van der Waals surface area (Å²) in [5, 5.41) is 32.4. The van der Waals surface area contributed by atoms with Crippen LogP contribution in [0.1, 0.15) is 101 Å². The number of Topliss-reactive ketones (excluding diaryl/α,β-unsaturated/α-hetero) is 1. The van der Waals surface area contributed by atoms with Crippen molar-refractivity contribution in [3.63, 3.8) is 0 Å². The van der Waals surface area contributed by atoms with E-state index in [0.29, 0.717) is 19.3 Å². The Kier molecular flexibility index (Phi) is 7.50. The summed E-state index contributed by atoms with van der Waals surface area (Å²) in [6.45, 7) is 9.07. The van der Waals surface area contributed by atoms with Crippen molar-refractivity contribution in [1.29, 1.82) is 0 Å². The van der Waals surface area contributed by atoms with Crippen LogP contribution in [-0.4, -0.2) is 63.4 Å². The summed E-state index contributed by atoms with van der Waals surface area (Å²) in [4.78, 5) is 66.0. The first-order chi connectivity index (χ1) is 21.7. The van der Waals surface area contributed by atoms with Gasteiger partial charge in [-0.25, -0.2) is 9.59 Å². The number of ether oxygens (including phenoxy) is 2. The fourth-order valence-corrected chi connectivity index (χ4v) is 9.09. The predicted molar refractivity (Wildman–Crippen MR) is 163 cm³/mol. The summed E-state index contributed by atoms with van der Waals surface area (Å²) in [6.07, 6.45) is 3.68. The van der Waals surface area contributed by atoms with Crippen LogP contribution in [0.3, 0.4) is 0 Å². The van der Waals surface area contributed by atoms with Crippen LogP contribution < -0.4 is 0 Å². The predicted octanol–water partition coefficient (Wildman–Crippen LogP) is 4.69. The van der Waals surface area contributed by atoms with Gasteiger partial charge in [0.15, 0.2) is 12.4 Å². The Morgan fingerprint density at radius 1 is 1.00 bits per heavy atom. The van der Waals surface area contributed by atoms with Crippen molar-refractivity contribution in [2.45, 2.75) is 71.5 Å². The van der Waals surface area contributed by atoms with E-state index in [0.717, 1.165) is 25.0 Å². The number of ketones is 3. The van der Waals surface area contributed by atoms with Gasteiger partial charge in [0.2, 0.25) is 5.78 Å². The number of carbonyl (C=O) groups is 5. The number of aliphatic hydroxyl groups is 1. The van der Waals surface area contributed by atoms with Gasteiger partial charge in [0.1, 0.15) is 23.4 Å². The fraction of sp³-hybridized carbons (Fsp3) is 0.472. The van der Waals surface area contributed by atoms with E-state index in [9.17, 15) is 39.3 Å². The molecule has 0 aromatic heterocycles. The smallest absolute Gasteiger partial charge is 0.344 e. The molecule has 6 rings (SSSR count). The summed E-state index contributed by atoms with van der Waals surface area (Å²) in [7, 11) is 0. The van der Waals surface area contributed by atoms with Crippen molar-refractivity contribution in [2.75, 3.05) is 6.61 Å². The van der Waals surface area contributed by atoms with Crippen molar-refractivity contribution in [3.8, 4) is 11.5 Å². The van der Waals surface area contributed by atoms with E-state index in [2.05, 4.69) is 6.58 Å². The number of benzene rings is 2. The third kappa shape index (κ3) is 4.52. The third-order valence-corrected chi connectivity index (χ3v) is 11.6. The van der Waals surface area contributed by atoms with Crippen molar-refractivity contribution >= 4 is 29.3 Å². The molecule has 1 unspecified atom stereocenters. The van der Waals surface area contributed by atoms with E-state index in [4.69, 9.17) is 9.47 Å². The number of carbonyl (C=O) groups excluding carboxylic acids is 5. The number of aliphatic hydroxyl groups excluding tert-OH is 1. The van der Waals surface area contributed by atoms with Gasteiger partial charge in [0.05, 0.1) is 22.8 Å². The first-order valence-electron chi connectivity index (χ1n) is 15.7. The van der Waals surface area contributed by atoms with E-state index in [1.54, 1.807) is 6.08 Å². The Balaban J connectivity index is 1.23. The number of rotatable bonds is 5. The Labute approximate surface area is 266 Å². The summed E-state index contributed by atoms with van der Waals surface area (Å²) in [5.74, 6) is -4.83. The number of hydrogen-bond acceptors (Lipinski definition) is 10. The Bertz CT molecular complexity index is 1710. The minimum atomic E-state index is -1.04. The lowest BCUT2D eigenvalue weighted by Crippen LogP contribution is -2.60. The molecule has 4 aliphatic carbocycles. The van der Waals surface area contributed by atoms with Gasteiger partial charge in [-0.3, -0.25) is 14.4 Å². The fourth-order valence-electron chi connectivity index (χ4n) is 9.09. The molecule has 242 valence electrons. The first-order valence-corrected chi connectivity index (χ1v) is 15.7. The zero-order valence-electron chi connectivity index (χ0n) is 26.1. The summed E-state index contributed by atoms with van der Waals surface area (Å²) in [6, 6.07) is 6.09.